The zero-order chi connectivity index (χ0) is 10.2. The van der Waals surface area contributed by atoms with Crippen molar-refractivity contribution < 1.29 is 0 Å². The van der Waals surface area contributed by atoms with Crippen molar-refractivity contribution in [1.29, 1.82) is 0 Å². The molecule has 0 amide bonds. The fraction of sp³-hybridized carbons (Fsp3) is 0.273. The van der Waals surface area contributed by atoms with Crippen LogP contribution in [-0.2, 0) is 0 Å². The third-order valence-corrected chi connectivity index (χ3v) is 8.24. The second kappa shape index (κ2) is 3.50. The standard InChI is InChI=1S/C8H5N2.3CH3.Sn/c1-2-4-8-6-10-9-5-7(8)3-1;;;;/h1,3-6H;3*1H3;. The van der Waals surface area contributed by atoms with Crippen LogP contribution in [0.25, 0.3) is 10.8 Å². The monoisotopic (exact) mass is 294 g/mol. The first-order valence-electron chi connectivity index (χ1n) is 4.78. The van der Waals surface area contributed by atoms with Gasteiger partial charge in [0.05, 0.1) is 0 Å². The number of nitrogens with zero attached hydrogens (tertiary/aromatic N) is 2. The van der Waals surface area contributed by atoms with Gasteiger partial charge in [-0.15, -0.1) is 0 Å². The molecule has 0 aliphatic carbocycles. The number of hydrogen-bond acceptors (Lipinski definition) is 2. The summed E-state index contributed by atoms with van der Waals surface area (Å²) in [5, 5.41) is 10.2. The van der Waals surface area contributed by atoms with E-state index >= 15 is 0 Å². The van der Waals surface area contributed by atoms with Crippen molar-refractivity contribution >= 4 is 32.7 Å². The van der Waals surface area contributed by atoms with E-state index in [0.29, 0.717) is 0 Å². The van der Waals surface area contributed by atoms with E-state index in [4.69, 9.17) is 0 Å². The Bertz CT molecular complexity index is 460. The van der Waals surface area contributed by atoms with Gasteiger partial charge < -0.3 is 0 Å². The zero-order valence-corrected chi connectivity index (χ0v) is 11.6. The van der Waals surface area contributed by atoms with Crippen LogP contribution in [-0.4, -0.2) is 28.6 Å². The molecule has 0 aliphatic rings. The second-order valence-corrected chi connectivity index (χ2v) is 19.1. The van der Waals surface area contributed by atoms with Gasteiger partial charge in [-0.25, -0.2) is 0 Å². The summed E-state index contributed by atoms with van der Waals surface area (Å²) in [6.07, 6.45) is 3.66. The summed E-state index contributed by atoms with van der Waals surface area (Å²) in [5.74, 6) is 0. The molecule has 2 nitrogen and oxygen atoms in total. The third-order valence-electron chi connectivity index (χ3n) is 2.41. The Balaban J connectivity index is 2.63. The van der Waals surface area contributed by atoms with Crippen molar-refractivity contribution in [3.05, 3.63) is 30.6 Å². The summed E-state index contributed by atoms with van der Waals surface area (Å²) in [6.45, 7) is 0. The fourth-order valence-electron chi connectivity index (χ4n) is 1.46. The van der Waals surface area contributed by atoms with Crippen molar-refractivity contribution in [2.45, 2.75) is 14.8 Å². The molecule has 0 saturated carbocycles. The number of hydrogen-bond donors (Lipinski definition) is 0. The average Bonchev–Trinajstić information content (AvgIpc) is 2.16. The summed E-state index contributed by atoms with van der Waals surface area (Å²) in [6, 6.07) is 6.68. The van der Waals surface area contributed by atoms with Gasteiger partial charge in [-0.2, -0.15) is 0 Å². The number of benzene rings is 1. The predicted octanol–water partition coefficient (Wildman–Crippen LogP) is 2.17. The van der Waals surface area contributed by atoms with Crippen LogP contribution in [0, 0.1) is 0 Å². The van der Waals surface area contributed by atoms with Crippen LogP contribution in [0.2, 0.25) is 14.8 Å². The molecule has 1 aromatic carbocycles. The van der Waals surface area contributed by atoms with Crippen molar-refractivity contribution in [3.63, 3.8) is 0 Å². The molecule has 14 heavy (non-hydrogen) atoms. The van der Waals surface area contributed by atoms with Crippen molar-refractivity contribution in [1.82, 2.24) is 10.2 Å². The average molecular weight is 293 g/mol. The Morgan fingerprint density at radius 3 is 2.21 bits per heavy atom. The van der Waals surface area contributed by atoms with Gasteiger partial charge >= 0.3 is 88.3 Å². The van der Waals surface area contributed by atoms with E-state index in [2.05, 4.69) is 43.2 Å². The van der Waals surface area contributed by atoms with Gasteiger partial charge in [-0.3, -0.25) is 0 Å². The Hall–Kier alpha value is -0.641. The molecule has 1 heterocycles. The molecule has 2 aromatic rings. The first-order chi connectivity index (χ1) is 6.57. The van der Waals surface area contributed by atoms with Gasteiger partial charge in [-0.1, -0.05) is 0 Å². The quantitative estimate of drug-likeness (QED) is 0.753. The van der Waals surface area contributed by atoms with Crippen LogP contribution in [0.5, 0.6) is 0 Å². The van der Waals surface area contributed by atoms with Gasteiger partial charge in [0.25, 0.3) is 0 Å². The van der Waals surface area contributed by atoms with E-state index in [0.717, 1.165) is 0 Å². The van der Waals surface area contributed by atoms with Crippen LogP contribution in [0.15, 0.2) is 30.6 Å². The Labute approximate surface area is 88.2 Å². The Morgan fingerprint density at radius 1 is 0.929 bits per heavy atom. The molecule has 0 atom stereocenters. The van der Waals surface area contributed by atoms with E-state index in [1.807, 2.05) is 12.4 Å². The molecule has 72 valence electrons. The minimum atomic E-state index is -1.91. The normalized spacial score (nSPS) is 11.9. The first kappa shape index (κ1) is 9.90. The van der Waals surface area contributed by atoms with Gasteiger partial charge in [-0.05, 0) is 0 Å². The molecule has 0 radical (unpaired) electrons. The maximum atomic E-state index is 3.91. The molecule has 0 unspecified atom stereocenters. The minimum absolute atomic E-state index is 1.18. The van der Waals surface area contributed by atoms with Crippen LogP contribution in [0.4, 0.5) is 0 Å². The molecule has 0 spiro atoms. The van der Waals surface area contributed by atoms with E-state index in [9.17, 15) is 0 Å². The predicted molar refractivity (Wildman–Crippen MR) is 62.5 cm³/mol. The second-order valence-electron chi connectivity index (χ2n) is 4.58. The molecule has 3 heteroatoms. The van der Waals surface area contributed by atoms with E-state index in [-0.39, 0.29) is 0 Å². The summed E-state index contributed by atoms with van der Waals surface area (Å²) in [4.78, 5) is 7.26. The molecule has 1 aromatic heterocycles. The van der Waals surface area contributed by atoms with Crippen LogP contribution in [0.3, 0.4) is 0 Å². The van der Waals surface area contributed by atoms with E-state index < -0.39 is 18.4 Å². The topological polar surface area (TPSA) is 25.8 Å². The van der Waals surface area contributed by atoms with Crippen molar-refractivity contribution in [2.75, 3.05) is 0 Å². The summed E-state index contributed by atoms with van der Waals surface area (Å²) < 4.78 is 1.54. The zero-order valence-electron chi connectivity index (χ0n) is 8.78. The van der Waals surface area contributed by atoms with Gasteiger partial charge in [0, 0.05) is 0 Å². The molecule has 0 aliphatic heterocycles. The molecular weight excluding hydrogens is 279 g/mol. The van der Waals surface area contributed by atoms with Crippen molar-refractivity contribution in [3.8, 4) is 0 Å². The molecular formula is C11H14N2Sn. The van der Waals surface area contributed by atoms with Gasteiger partial charge in [0.15, 0.2) is 0 Å². The van der Waals surface area contributed by atoms with E-state index in [1.165, 1.54) is 10.8 Å². The SMILES string of the molecule is [CH3][Sn]([CH3])([CH3])[c]1ccc2cnncc2c1. The number of rotatable bonds is 1. The molecule has 0 saturated heterocycles. The third kappa shape index (κ3) is 1.90. The van der Waals surface area contributed by atoms with Crippen LogP contribution < -0.4 is 3.58 Å². The molecule has 0 fully saturated rings. The molecule has 0 N–H and O–H groups in total. The maximum absolute atomic E-state index is 3.91. The first-order valence-corrected chi connectivity index (χ1v) is 14.8. The Morgan fingerprint density at radius 2 is 1.57 bits per heavy atom. The summed E-state index contributed by atoms with van der Waals surface area (Å²) in [5.41, 5.74) is 0. The number of aromatic nitrogens is 2. The summed E-state index contributed by atoms with van der Waals surface area (Å²) in [7, 11) is 0. The van der Waals surface area contributed by atoms with Gasteiger partial charge in [0.2, 0.25) is 0 Å². The molecule has 2 rings (SSSR count). The van der Waals surface area contributed by atoms with Crippen molar-refractivity contribution in [2.24, 2.45) is 0 Å². The molecule has 0 bridgehead atoms. The van der Waals surface area contributed by atoms with E-state index in [1.54, 1.807) is 3.58 Å². The number of fused-ring (bicyclic) bond motifs is 1. The summed E-state index contributed by atoms with van der Waals surface area (Å²) >= 11 is -1.91. The van der Waals surface area contributed by atoms with Crippen LogP contribution >= 0.6 is 0 Å². The Kier molecular flexibility index (Phi) is 2.47. The van der Waals surface area contributed by atoms with Crippen LogP contribution in [0.1, 0.15) is 0 Å². The van der Waals surface area contributed by atoms with Gasteiger partial charge in [0.1, 0.15) is 0 Å². The fourth-order valence-corrected chi connectivity index (χ4v) is 4.81.